The lowest BCUT2D eigenvalue weighted by molar-refractivity contribution is 0.672. The van der Waals surface area contributed by atoms with Crippen molar-refractivity contribution < 1.29 is 0 Å². The fourth-order valence-corrected chi connectivity index (χ4v) is 3.84. The van der Waals surface area contributed by atoms with E-state index in [2.05, 4.69) is 59.9 Å². The summed E-state index contributed by atoms with van der Waals surface area (Å²) in [6, 6.07) is 4.34. The molecule has 0 saturated carbocycles. The number of hydrogen-bond acceptors (Lipinski definition) is 4. The minimum Gasteiger partial charge on any atom is -0.354 e. The second kappa shape index (κ2) is 7.15. The molecule has 0 radical (unpaired) electrons. The van der Waals surface area contributed by atoms with Gasteiger partial charge in [0.1, 0.15) is 5.82 Å². The molecule has 3 nitrogen and oxygen atoms in total. The number of thioether (sulfide) groups is 1. The first-order valence-electron chi connectivity index (χ1n) is 7.25. The van der Waals surface area contributed by atoms with E-state index in [1.807, 2.05) is 6.20 Å². The zero-order valence-corrected chi connectivity index (χ0v) is 13.0. The van der Waals surface area contributed by atoms with Crippen LogP contribution in [0.1, 0.15) is 32.8 Å². The molecule has 2 unspecified atom stereocenters. The predicted octanol–water partition coefficient (Wildman–Crippen LogP) is 2.91. The Kier molecular flexibility index (Phi) is 5.52. The van der Waals surface area contributed by atoms with Gasteiger partial charge < -0.3 is 10.2 Å². The van der Waals surface area contributed by atoms with Gasteiger partial charge in [0, 0.05) is 36.3 Å². The first kappa shape index (κ1) is 14.7. The monoisotopic (exact) mass is 279 g/mol. The summed E-state index contributed by atoms with van der Waals surface area (Å²) in [5.41, 5.74) is 1.33. The summed E-state index contributed by atoms with van der Waals surface area (Å²) in [6.45, 7) is 11.0. The lowest BCUT2D eigenvalue weighted by atomic mass is 10.2. The number of aromatic nitrogens is 1. The van der Waals surface area contributed by atoms with E-state index >= 15 is 0 Å². The van der Waals surface area contributed by atoms with Crippen LogP contribution in [0.5, 0.6) is 0 Å². The van der Waals surface area contributed by atoms with Crippen molar-refractivity contribution in [3.63, 3.8) is 0 Å². The molecule has 1 aliphatic heterocycles. The van der Waals surface area contributed by atoms with Crippen molar-refractivity contribution in [3.8, 4) is 0 Å². The highest BCUT2D eigenvalue weighted by Crippen LogP contribution is 2.27. The summed E-state index contributed by atoms with van der Waals surface area (Å²) < 4.78 is 0. The van der Waals surface area contributed by atoms with Crippen molar-refractivity contribution in [1.29, 1.82) is 0 Å². The highest BCUT2D eigenvalue weighted by molar-refractivity contribution is 8.00. The second-order valence-corrected chi connectivity index (χ2v) is 7.24. The molecule has 1 N–H and O–H groups in total. The Morgan fingerprint density at radius 2 is 2.11 bits per heavy atom. The first-order valence-corrected chi connectivity index (χ1v) is 8.19. The number of pyridine rings is 1. The van der Waals surface area contributed by atoms with Crippen LogP contribution >= 0.6 is 11.8 Å². The van der Waals surface area contributed by atoms with Crippen LogP contribution in [0.3, 0.4) is 0 Å². The van der Waals surface area contributed by atoms with Crippen LogP contribution in [-0.2, 0) is 6.54 Å². The second-order valence-electron chi connectivity index (χ2n) is 5.36. The van der Waals surface area contributed by atoms with Crippen molar-refractivity contribution in [2.24, 2.45) is 0 Å². The molecule has 1 fully saturated rings. The van der Waals surface area contributed by atoms with E-state index in [1.54, 1.807) is 0 Å². The Bertz CT molecular complexity index is 387. The molecule has 19 heavy (non-hydrogen) atoms. The number of rotatable bonds is 5. The Morgan fingerprint density at radius 1 is 1.37 bits per heavy atom. The molecular formula is C15H25N3S. The number of anilines is 1. The lowest BCUT2D eigenvalue weighted by Gasteiger charge is -2.35. The van der Waals surface area contributed by atoms with Crippen LogP contribution in [0.2, 0.25) is 0 Å². The quantitative estimate of drug-likeness (QED) is 0.839. The highest BCUT2D eigenvalue weighted by Gasteiger charge is 2.23. The van der Waals surface area contributed by atoms with Crippen molar-refractivity contribution >= 4 is 17.6 Å². The number of nitrogens with one attached hydrogen (secondary N) is 1. The van der Waals surface area contributed by atoms with Crippen LogP contribution in [0, 0.1) is 0 Å². The van der Waals surface area contributed by atoms with Gasteiger partial charge in [-0.15, -0.1) is 0 Å². The van der Waals surface area contributed by atoms with Crippen molar-refractivity contribution in [2.45, 2.75) is 44.2 Å². The van der Waals surface area contributed by atoms with Gasteiger partial charge in [-0.1, -0.05) is 20.8 Å². The maximum Gasteiger partial charge on any atom is 0.128 e. The molecule has 1 saturated heterocycles. The van der Waals surface area contributed by atoms with Gasteiger partial charge in [-0.3, -0.25) is 0 Å². The minimum absolute atomic E-state index is 0.687. The highest BCUT2D eigenvalue weighted by atomic mass is 32.2. The topological polar surface area (TPSA) is 28.2 Å². The van der Waals surface area contributed by atoms with Crippen LogP contribution in [0.4, 0.5) is 5.82 Å². The van der Waals surface area contributed by atoms with Crippen LogP contribution in [-0.4, -0.2) is 35.1 Å². The Labute approximate surface area is 121 Å². The largest absolute Gasteiger partial charge is 0.354 e. The van der Waals surface area contributed by atoms with Crippen LogP contribution < -0.4 is 10.2 Å². The molecule has 106 valence electrons. The predicted molar refractivity (Wildman–Crippen MR) is 85.0 cm³/mol. The van der Waals surface area contributed by atoms with Crippen LogP contribution in [0.15, 0.2) is 18.3 Å². The van der Waals surface area contributed by atoms with E-state index in [0.29, 0.717) is 10.5 Å². The molecule has 2 rings (SSSR count). The molecule has 1 aromatic rings. The Morgan fingerprint density at radius 3 is 2.79 bits per heavy atom. The molecule has 0 spiro atoms. The van der Waals surface area contributed by atoms with Gasteiger partial charge in [0.15, 0.2) is 0 Å². The van der Waals surface area contributed by atoms with Gasteiger partial charge in [-0.05, 0) is 30.7 Å². The van der Waals surface area contributed by atoms with Gasteiger partial charge in [0.05, 0.1) is 0 Å². The van der Waals surface area contributed by atoms with E-state index in [-0.39, 0.29) is 0 Å². The lowest BCUT2D eigenvalue weighted by Crippen LogP contribution is -2.40. The molecule has 1 aliphatic rings. The smallest absolute Gasteiger partial charge is 0.128 e. The molecule has 2 atom stereocenters. The summed E-state index contributed by atoms with van der Waals surface area (Å²) in [7, 11) is 0. The Balaban J connectivity index is 2.01. The summed E-state index contributed by atoms with van der Waals surface area (Å²) in [4.78, 5) is 6.97. The summed E-state index contributed by atoms with van der Waals surface area (Å²) in [5, 5.41) is 4.82. The maximum absolute atomic E-state index is 4.55. The summed E-state index contributed by atoms with van der Waals surface area (Å²) in [5.74, 6) is 1.13. The average molecular weight is 279 g/mol. The SMILES string of the molecule is CCCNCc1ccnc(N2CC(C)SC(C)C2)c1. The third-order valence-corrected chi connectivity index (χ3v) is 4.54. The zero-order chi connectivity index (χ0) is 13.7. The van der Waals surface area contributed by atoms with Gasteiger partial charge >= 0.3 is 0 Å². The van der Waals surface area contributed by atoms with Gasteiger partial charge in [0.25, 0.3) is 0 Å². The van der Waals surface area contributed by atoms with Crippen molar-refractivity contribution in [3.05, 3.63) is 23.9 Å². The minimum atomic E-state index is 0.687. The van der Waals surface area contributed by atoms with Gasteiger partial charge in [0.2, 0.25) is 0 Å². The Hall–Kier alpha value is -0.740. The molecule has 4 heteroatoms. The molecule has 0 aromatic carbocycles. The van der Waals surface area contributed by atoms with E-state index in [9.17, 15) is 0 Å². The standard InChI is InChI=1S/C15H25N3S/c1-4-6-16-9-14-5-7-17-15(8-14)18-10-12(2)19-13(3)11-18/h5,7-8,12-13,16H,4,6,9-11H2,1-3H3. The average Bonchev–Trinajstić information content (AvgIpc) is 2.38. The third-order valence-electron chi connectivity index (χ3n) is 3.31. The molecule has 0 bridgehead atoms. The number of nitrogens with zero attached hydrogens (tertiary/aromatic N) is 2. The van der Waals surface area contributed by atoms with Gasteiger partial charge in [-0.2, -0.15) is 11.8 Å². The van der Waals surface area contributed by atoms with Crippen molar-refractivity contribution in [1.82, 2.24) is 10.3 Å². The molecule has 2 heterocycles. The molecule has 0 aliphatic carbocycles. The van der Waals surface area contributed by atoms with E-state index in [1.165, 1.54) is 12.0 Å². The van der Waals surface area contributed by atoms with Crippen molar-refractivity contribution in [2.75, 3.05) is 24.5 Å². The molecular weight excluding hydrogens is 254 g/mol. The van der Waals surface area contributed by atoms with E-state index in [4.69, 9.17) is 0 Å². The third kappa shape index (κ3) is 4.39. The van der Waals surface area contributed by atoms with E-state index < -0.39 is 0 Å². The molecule has 0 amide bonds. The van der Waals surface area contributed by atoms with E-state index in [0.717, 1.165) is 32.0 Å². The normalized spacial score (nSPS) is 23.6. The number of hydrogen-bond donors (Lipinski definition) is 1. The summed E-state index contributed by atoms with van der Waals surface area (Å²) in [6.07, 6.45) is 3.12. The summed E-state index contributed by atoms with van der Waals surface area (Å²) >= 11 is 2.08. The maximum atomic E-state index is 4.55. The molecule has 1 aromatic heterocycles. The fourth-order valence-electron chi connectivity index (χ4n) is 2.52. The van der Waals surface area contributed by atoms with Crippen LogP contribution in [0.25, 0.3) is 0 Å². The fraction of sp³-hybridized carbons (Fsp3) is 0.667. The van der Waals surface area contributed by atoms with Gasteiger partial charge in [-0.25, -0.2) is 4.98 Å². The first-order chi connectivity index (χ1) is 9.19. The zero-order valence-electron chi connectivity index (χ0n) is 12.2.